The zero-order valence-corrected chi connectivity index (χ0v) is 10.2. The van der Waals surface area contributed by atoms with Gasteiger partial charge in [-0.3, -0.25) is 4.79 Å². The molecule has 2 N–H and O–H groups in total. The Labute approximate surface area is 97.8 Å². The van der Waals surface area contributed by atoms with Gasteiger partial charge in [0.2, 0.25) is 5.91 Å². The Kier molecular flexibility index (Phi) is 4.18. The van der Waals surface area contributed by atoms with E-state index in [-0.39, 0.29) is 5.91 Å². The van der Waals surface area contributed by atoms with Crippen LogP contribution < -0.4 is 10.6 Å². The molecular formula is C12H23N3O. The first-order valence-electron chi connectivity index (χ1n) is 6.50. The van der Waals surface area contributed by atoms with Crippen molar-refractivity contribution >= 4 is 5.91 Å². The normalized spacial score (nSPS) is 27.4. The van der Waals surface area contributed by atoms with Crippen molar-refractivity contribution in [3.05, 3.63) is 0 Å². The maximum atomic E-state index is 11.8. The highest BCUT2D eigenvalue weighted by Gasteiger charge is 2.23. The van der Waals surface area contributed by atoms with Crippen LogP contribution in [0.3, 0.4) is 0 Å². The van der Waals surface area contributed by atoms with Crippen LogP contribution in [0.5, 0.6) is 0 Å². The lowest BCUT2D eigenvalue weighted by Crippen LogP contribution is -2.50. The summed E-state index contributed by atoms with van der Waals surface area (Å²) >= 11 is 0. The summed E-state index contributed by atoms with van der Waals surface area (Å²) < 4.78 is 0. The Bertz CT molecular complexity index is 240. The van der Waals surface area contributed by atoms with Crippen molar-refractivity contribution < 1.29 is 4.79 Å². The molecule has 1 amide bonds. The van der Waals surface area contributed by atoms with Crippen LogP contribution in [-0.2, 0) is 4.79 Å². The molecule has 1 unspecified atom stereocenters. The van der Waals surface area contributed by atoms with Crippen LogP contribution >= 0.6 is 0 Å². The minimum absolute atomic E-state index is 0.245. The quantitative estimate of drug-likeness (QED) is 0.718. The Balaban J connectivity index is 1.68. The second kappa shape index (κ2) is 5.64. The molecule has 0 bridgehead atoms. The van der Waals surface area contributed by atoms with E-state index in [1.807, 2.05) is 0 Å². The predicted molar refractivity (Wildman–Crippen MR) is 64.3 cm³/mol. The zero-order chi connectivity index (χ0) is 11.4. The Hall–Kier alpha value is -0.610. The molecule has 2 rings (SSSR count). The first-order valence-corrected chi connectivity index (χ1v) is 6.50. The van der Waals surface area contributed by atoms with Crippen LogP contribution in [0.2, 0.25) is 0 Å². The molecule has 4 heteroatoms. The summed E-state index contributed by atoms with van der Waals surface area (Å²) in [7, 11) is 0. The third-order valence-electron chi connectivity index (χ3n) is 3.66. The molecule has 2 heterocycles. The number of likely N-dealkylation sites (tertiary alicyclic amines) is 1. The summed E-state index contributed by atoms with van der Waals surface area (Å²) in [6.45, 7) is 7.53. The second-order valence-electron chi connectivity index (χ2n) is 5.03. The van der Waals surface area contributed by atoms with E-state index in [0.717, 1.165) is 32.6 Å². The monoisotopic (exact) mass is 225 g/mol. The standard InChI is InChI=1S/C12H23N3O/c1-2-15-5-3-4-11(9-15)14-12(16)6-10-7-13-8-10/h10-11,13H,2-9H2,1H3,(H,14,16). The van der Waals surface area contributed by atoms with E-state index in [1.54, 1.807) is 0 Å². The van der Waals surface area contributed by atoms with Crippen LogP contribution in [0.15, 0.2) is 0 Å². The van der Waals surface area contributed by atoms with Crippen molar-refractivity contribution in [3.8, 4) is 0 Å². The van der Waals surface area contributed by atoms with Crippen molar-refractivity contribution in [1.29, 1.82) is 0 Å². The predicted octanol–water partition coefficient (Wildman–Crippen LogP) is 0.196. The van der Waals surface area contributed by atoms with E-state index in [0.29, 0.717) is 18.4 Å². The van der Waals surface area contributed by atoms with Gasteiger partial charge in [-0.15, -0.1) is 0 Å². The van der Waals surface area contributed by atoms with Crippen molar-refractivity contribution in [2.45, 2.75) is 32.2 Å². The Morgan fingerprint density at radius 2 is 2.31 bits per heavy atom. The topological polar surface area (TPSA) is 44.4 Å². The van der Waals surface area contributed by atoms with Crippen LogP contribution in [0.4, 0.5) is 0 Å². The lowest BCUT2D eigenvalue weighted by atomic mass is 9.98. The molecule has 0 aliphatic carbocycles. The second-order valence-corrected chi connectivity index (χ2v) is 5.03. The molecular weight excluding hydrogens is 202 g/mol. The van der Waals surface area contributed by atoms with Crippen LogP contribution in [-0.4, -0.2) is 49.6 Å². The maximum absolute atomic E-state index is 11.8. The summed E-state index contributed by atoms with van der Waals surface area (Å²) in [6, 6.07) is 0.384. The van der Waals surface area contributed by atoms with Gasteiger partial charge in [-0.25, -0.2) is 0 Å². The average Bonchev–Trinajstić information content (AvgIpc) is 2.24. The highest BCUT2D eigenvalue weighted by atomic mass is 16.1. The van der Waals surface area contributed by atoms with Gasteiger partial charge in [0.25, 0.3) is 0 Å². The van der Waals surface area contributed by atoms with Gasteiger partial charge in [0.1, 0.15) is 0 Å². The van der Waals surface area contributed by atoms with Crippen LogP contribution in [0, 0.1) is 5.92 Å². The summed E-state index contributed by atoms with van der Waals surface area (Å²) in [6.07, 6.45) is 3.06. The number of rotatable bonds is 4. The smallest absolute Gasteiger partial charge is 0.220 e. The first kappa shape index (κ1) is 11.9. The van der Waals surface area contributed by atoms with Gasteiger partial charge in [0.05, 0.1) is 0 Å². The summed E-state index contributed by atoms with van der Waals surface area (Å²) in [5.74, 6) is 0.820. The zero-order valence-electron chi connectivity index (χ0n) is 10.2. The van der Waals surface area contributed by atoms with E-state index >= 15 is 0 Å². The molecule has 0 radical (unpaired) electrons. The molecule has 0 spiro atoms. The number of hydrogen-bond acceptors (Lipinski definition) is 3. The highest BCUT2D eigenvalue weighted by Crippen LogP contribution is 2.12. The minimum atomic E-state index is 0.245. The van der Waals surface area contributed by atoms with Crippen molar-refractivity contribution in [1.82, 2.24) is 15.5 Å². The Morgan fingerprint density at radius 1 is 1.50 bits per heavy atom. The minimum Gasteiger partial charge on any atom is -0.352 e. The van der Waals surface area contributed by atoms with Gasteiger partial charge in [0.15, 0.2) is 0 Å². The fraction of sp³-hybridized carbons (Fsp3) is 0.917. The lowest BCUT2D eigenvalue weighted by molar-refractivity contribution is -0.123. The maximum Gasteiger partial charge on any atom is 0.220 e. The molecule has 92 valence electrons. The fourth-order valence-corrected chi connectivity index (χ4v) is 2.50. The molecule has 1 atom stereocenters. The van der Waals surface area contributed by atoms with E-state index in [9.17, 15) is 4.79 Å². The van der Waals surface area contributed by atoms with Gasteiger partial charge >= 0.3 is 0 Å². The summed E-state index contributed by atoms with van der Waals surface area (Å²) in [4.78, 5) is 14.2. The number of hydrogen-bond donors (Lipinski definition) is 2. The van der Waals surface area contributed by atoms with Crippen molar-refractivity contribution in [2.24, 2.45) is 5.92 Å². The molecule has 4 nitrogen and oxygen atoms in total. The molecule has 2 fully saturated rings. The number of nitrogens with one attached hydrogen (secondary N) is 2. The van der Waals surface area contributed by atoms with E-state index in [2.05, 4.69) is 22.5 Å². The first-order chi connectivity index (χ1) is 7.78. The summed E-state index contributed by atoms with van der Waals surface area (Å²) in [5, 5.41) is 6.37. The van der Waals surface area contributed by atoms with E-state index < -0.39 is 0 Å². The number of carbonyl (C=O) groups excluding carboxylic acids is 1. The largest absolute Gasteiger partial charge is 0.352 e. The van der Waals surface area contributed by atoms with Gasteiger partial charge in [-0.2, -0.15) is 0 Å². The molecule has 2 aliphatic rings. The number of amides is 1. The number of likely N-dealkylation sites (N-methyl/N-ethyl adjacent to an activating group) is 1. The number of nitrogens with zero attached hydrogens (tertiary/aromatic N) is 1. The molecule has 0 aromatic rings. The molecule has 16 heavy (non-hydrogen) atoms. The fourth-order valence-electron chi connectivity index (χ4n) is 2.50. The third-order valence-corrected chi connectivity index (χ3v) is 3.66. The molecule has 0 aromatic heterocycles. The average molecular weight is 225 g/mol. The van der Waals surface area contributed by atoms with E-state index in [1.165, 1.54) is 13.0 Å². The highest BCUT2D eigenvalue weighted by molar-refractivity contribution is 5.76. The molecule has 2 aliphatic heterocycles. The Morgan fingerprint density at radius 3 is 2.94 bits per heavy atom. The van der Waals surface area contributed by atoms with Gasteiger partial charge in [-0.05, 0) is 44.9 Å². The van der Waals surface area contributed by atoms with Gasteiger partial charge in [0, 0.05) is 19.0 Å². The lowest BCUT2D eigenvalue weighted by Gasteiger charge is -2.33. The molecule has 2 saturated heterocycles. The third kappa shape index (κ3) is 3.19. The van der Waals surface area contributed by atoms with Crippen LogP contribution in [0.1, 0.15) is 26.2 Å². The number of piperidine rings is 1. The van der Waals surface area contributed by atoms with Crippen LogP contribution in [0.25, 0.3) is 0 Å². The van der Waals surface area contributed by atoms with Gasteiger partial charge in [-0.1, -0.05) is 6.92 Å². The molecule has 0 aromatic carbocycles. The van der Waals surface area contributed by atoms with Crippen molar-refractivity contribution in [2.75, 3.05) is 32.7 Å². The summed E-state index contributed by atoms with van der Waals surface area (Å²) in [5.41, 5.74) is 0. The number of carbonyl (C=O) groups is 1. The molecule has 0 saturated carbocycles. The van der Waals surface area contributed by atoms with E-state index in [4.69, 9.17) is 0 Å². The SMILES string of the molecule is CCN1CCCC(NC(=O)CC2CNC2)C1. The van der Waals surface area contributed by atoms with Gasteiger partial charge < -0.3 is 15.5 Å². The van der Waals surface area contributed by atoms with Crippen molar-refractivity contribution in [3.63, 3.8) is 0 Å².